The summed E-state index contributed by atoms with van der Waals surface area (Å²) in [6, 6.07) is 0.304. The van der Waals surface area contributed by atoms with Crippen LogP contribution in [0.3, 0.4) is 0 Å². The first kappa shape index (κ1) is 14.7. The van der Waals surface area contributed by atoms with Crippen LogP contribution < -0.4 is 5.32 Å². The predicted molar refractivity (Wildman–Crippen MR) is 68.0 cm³/mol. The molecule has 1 amide bonds. The van der Waals surface area contributed by atoms with E-state index in [2.05, 4.69) is 10.3 Å². The Morgan fingerprint density at radius 3 is 2.50 bits per heavy atom. The molecule has 0 bridgehead atoms. The summed E-state index contributed by atoms with van der Waals surface area (Å²) in [5.41, 5.74) is 0.101. The van der Waals surface area contributed by atoms with Crippen LogP contribution in [-0.2, 0) is 4.79 Å². The van der Waals surface area contributed by atoms with Gasteiger partial charge in [-0.3, -0.25) is 4.79 Å². The fraction of sp³-hybridized carbons (Fsp3) is 0.364. The number of hydrogen-bond donors (Lipinski definition) is 2. The number of nitrogens with zero attached hydrogens (tertiary/aromatic N) is 1. The highest BCUT2D eigenvalue weighted by Crippen LogP contribution is 2.18. The van der Waals surface area contributed by atoms with Crippen molar-refractivity contribution < 1.29 is 14.7 Å². The third kappa shape index (κ3) is 3.58. The topological polar surface area (TPSA) is 79.3 Å². The molecule has 18 heavy (non-hydrogen) atoms. The van der Waals surface area contributed by atoms with Crippen LogP contribution in [0, 0.1) is 5.92 Å². The summed E-state index contributed by atoms with van der Waals surface area (Å²) in [4.78, 5) is 26.6. The highest BCUT2D eigenvalue weighted by Gasteiger charge is 2.25. The summed E-state index contributed by atoms with van der Waals surface area (Å²) in [7, 11) is 0. The van der Waals surface area contributed by atoms with Crippen LogP contribution in [0.4, 0.5) is 0 Å². The second-order valence-electron chi connectivity index (χ2n) is 4.02. The van der Waals surface area contributed by atoms with Gasteiger partial charge in [-0.2, -0.15) is 0 Å². The van der Waals surface area contributed by atoms with Crippen LogP contribution in [-0.4, -0.2) is 28.0 Å². The zero-order valence-electron chi connectivity index (χ0n) is 9.78. The first-order valence-corrected chi connectivity index (χ1v) is 5.93. The zero-order valence-corrected chi connectivity index (χ0v) is 11.3. The number of hydrogen-bond acceptors (Lipinski definition) is 3. The van der Waals surface area contributed by atoms with E-state index in [-0.39, 0.29) is 21.7 Å². The minimum Gasteiger partial charge on any atom is -0.480 e. The third-order valence-corrected chi connectivity index (χ3v) is 2.79. The maximum atomic E-state index is 11.9. The highest BCUT2D eigenvalue weighted by molar-refractivity contribution is 6.35. The summed E-state index contributed by atoms with van der Waals surface area (Å²) in [6.07, 6.45) is 1.24. The molecule has 1 aromatic heterocycles. The van der Waals surface area contributed by atoms with E-state index in [0.29, 0.717) is 0 Å². The van der Waals surface area contributed by atoms with Crippen molar-refractivity contribution in [2.24, 2.45) is 5.92 Å². The molecule has 0 aliphatic carbocycles. The van der Waals surface area contributed by atoms with Crippen LogP contribution in [0.1, 0.15) is 24.2 Å². The molecule has 0 aliphatic rings. The second-order valence-corrected chi connectivity index (χ2v) is 4.81. The number of aromatic nitrogens is 1. The minimum absolute atomic E-state index is 0.101. The van der Waals surface area contributed by atoms with Crippen molar-refractivity contribution in [2.75, 3.05) is 0 Å². The number of aliphatic carboxylic acids is 1. The Morgan fingerprint density at radius 2 is 2.00 bits per heavy atom. The molecule has 1 heterocycles. The van der Waals surface area contributed by atoms with E-state index < -0.39 is 17.9 Å². The fourth-order valence-electron chi connectivity index (χ4n) is 1.32. The zero-order chi connectivity index (χ0) is 13.9. The number of amides is 1. The number of carbonyl (C=O) groups is 2. The average molecular weight is 291 g/mol. The Balaban J connectivity index is 2.94. The number of carboxylic acid groups (broad SMARTS) is 1. The van der Waals surface area contributed by atoms with E-state index in [1.165, 1.54) is 12.3 Å². The molecular formula is C11H12Cl2N2O3. The van der Waals surface area contributed by atoms with Gasteiger partial charge < -0.3 is 10.4 Å². The van der Waals surface area contributed by atoms with Crippen LogP contribution in [0.5, 0.6) is 0 Å². The van der Waals surface area contributed by atoms with Crippen molar-refractivity contribution in [3.05, 3.63) is 28.0 Å². The van der Waals surface area contributed by atoms with Crippen LogP contribution in [0.2, 0.25) is 10.2 Å². The van der Waals surface area contributed by atoms with Gasteiger partial charge in [0.05, 0.1) is 10.6 Å². The first-order chi connectivity index (χ1) is 8.32. The van der Waals surface area contributed by atoms with Crippen molar-refractivity contribution in [2.45, 2.75) is 19.9 Å². The minimum atomic E-state index is -1.10. The van der Waals surface area contributed by atoms with Crippen LogP contribution in [0.15, 0.2) is 12.3 Å². The van der Waals surface area contributed by atoms with Crippen molar-refractivity contribution in [1.29, 1.82) is 0 Å². The Labute approximate surface area is 114 Å². The maximum absolute atomic E-state index is 11.9. The standard InChI is InChI=1S/C11H12Cl2N2O3/c1-5(2)9(11(17)18)15-10(16)6-3-8(13)14-4-7(6)12/h3-5,9H,1-2H3,(H,15,16)(H,17,18)/t9-/m1/s1. The largest absolute Gasteiger partial charge is 0.480 e. The van der Waals surface area contributed by atoms with Gasteiger partial charge >= 0.3 is 5.97 Å². The first-order valence-electron chi connectivity index (χ1n) is 5.17. The van der Waals surface area contributed by atoms with E-state index in [9.17, 15) is 9.59 Å². The monoisotopic (exact) mass is 290 g/mol. The van der Waals surface area contributed by atoms with Gasteiger partial charge in [-0.05, 0) is 12.0 Å². The summed E-state index contributed by atoms with van der Waals surface area (Å²) in [6.45, 7) is 3.39. The number of nitrogens with one attached hydrogen (secondary N) is 1. The van der Waals surface area contributed by atoms with Crippen LogP contribution >= 0.6 is 23.2 Å². The summed E-state index contributed by atoms with van der Waals surface area (Å²) in [5.74, 6) is -1.94. The predicted octanol–water partition coefficient (Wildman–Crippen LogP) is 2.23. The molecule has 0 unspecified atom stereocenters. The van der Waals surface area contributed by atoms with E-state index in [1.54, 1.807) is 13.8 Å². The van der Waals surface area contributed by atoms with Gasteiger partial charge in [0.15, 0.2) is 0 Å². The molecule has 0 saturated heterocycles. The summed E-state index contributed by atoms with van der Waals surface area (Å²) >= 11 is 11.5. The van der Waals surface area contributed by atoms with Gasteiger partial charge in [-0.1, -0.05) is 37.0 Å². The Morgan fingerprint density at radius 1 is 1.39 bits per heavy atom. The fourth-order valence-corrected chi connectivity index (χ4v) is 1.67. The lowest BCUT2D eigenvalue weighted by Gasteiger charge is -2.18. The lowest BCUT2D eigenvalue weighted by Crippen LogP contribution is -2.44. The number of halogens is 2. The molecule has 2 N–H and O–H groups in total. The van der Waals surface area contributed by atoms with Crippen LogP contribution in [0.25, 0.3) is 0 Å². The lowest BCUT2D eigenvalue weighted by molar-refractivity contribution is -0.140. The van der Waals surface area contributed by atoms with E-state index in [0.717, 1.165) is 0 Å². The summed E-state index contributed by atoms with van der Waals surface area (Å²) < 4.78 is 0. The molecule has 7 heteroatoms. The van der Waals surface area contributed by atoms with Gasteiger partial charge in [-0.15, -0.1) is 0 Å². The van der Waals surface area contributed by atoms with Crippen molar-refractivity contribution in [3.63, 3.8) is 0 Å². The molecule has 1 aromatic rings. The molecule has 98 valence electrons. The molecule has 1 atom stereocenters. The highest BCUT2D eigenvalue weighted by atomic mass is 35.5. The van der Waals surface area contributed by atoms with Crippen molar-refractivity contribution in [3.8, 4) is 0 Å². The van der Waals surface area contributed by atoms with Gasteiger partial charge in [-0.25, -0.2) is 9.78 Å². The summed E-state index contributed by atoms with van der Waals surface area (Å²) in [5, 5.41) is 11.6. The van der Waals surface area contributed by atoms with Gasteiger partial charge in [0, 0.05) is 6.20 Å². The number of carboxylic acids is 1. The molecule has 0 saturated carbocycles. The Kier molecular flexibility index (Phi) is 4.93. The maximum Gasteiger partial charge on any atom is 0.326 e. The molecule has 0 spiro atoms. The molecule has 0 fully saturated rings. The Bertz CT molecular complexity index is 477. The number of pyridine rings is 1. The third-order valence-electron chi connectivity index (χ3n) is 2.29. The van der Waals surface area contributed by atoms with E-state index >= 15 is 0 Å². The quantitative estimate of drug-likeness (QED) is 0.834. The van der Waals surface area contributed by atoms with Gasteiger partial charge in [0.25, 0.3) is 5.91 Å². The average Bonchev–Trinajstić information content (AvgIpc) is 2.28. The van der Waals surface area contributed by atoms with Crippen molar-refractivity contribution >= 4 is 35.1 Å². The number of carbonyl (C=O) groups excluding carboxylic acids is 1. The van der Waals surface area contributed by atoms with E-state index in [1.807, 2.05) is 0 Å². The smallest absolute Gasteiger partial charge is 0.326 e. The number of rotatable bonds is 4. The normalized spacial score (nSPS) is 12.3. The Hall–Kier alpha value is -1.33. The van der Waals surface area contributed by atoms with Crippen molar-refractivity contribution in [1.82, 2.24) is 10.3 Å². The molecular weight excluding hydrogens is 279 g/mol. The second kappa shape index (κ2) is 6.02. The molecule has 1 rings (SSSR count). The van der Waals surface area contributed by atoms with Gasteiger partial charge in [0.2, 0.25) is 0 Å². The SMILES string of the molecule is CC(C)[C@@H](NC(=O)c1cc(Cl)ncc1Cl)C(=O)O. The molecule has 5 nitrogen and oxygen atoms in total. The molecule has 0 aliphatic heterocycles. The van der Waals surface area contributed by atoms with Gasteiger partial charge in [0.1, 0.15) is 11.2 Å². The molecule has 0 radical (unpaired) electrons. The molecule has 0 aromatic carbocycles. The lowest BCUT2D eigenvalue weighted by atomic mass is 10.0. The van der Waals surface area contributed by atoms with E-state index in [4.69, 9.17) is 28.3 Å².